The molecule has 114 valence electrons. The molecular formula is C14H18N2O4S. The lowest BCUT2D eigenvalue weighted by atomic mass is 10.1. The van der Waals surface area contributed by atoms with Gasteiger partial charge in [0.15, 0.2) is 0 Å². The van der Waals surface area contributed by atoms with E-state index >= 15 is 0 Å². The number of carboxylic acids is 1. The van der Waals surface area contributed by atoms with Crippen LogP contribution < -0.4 is 4.72 Å². The maximum atomic E-state index is 12.0. The first-order valence-corrected chi connectivity index (χ1v) is 8.16. The summed E-state index contributed by atoms with van der Waals surface area (Å²) in [5, 5.41) is 8.59. The molecule has 0 amide bonds. The van der Waals surface area contributed by atoms with Gasteiger partial charge in [0.25, 0.3) is 10.2 Å². The van der Waals surface area contributed by atoms with Crippen LogP contribution >= 0.6 is 0 Å². The van der Waals surface area contributed by atoms with Crippen molar-refractivity contribution in [1.29, 1.82) is 0 Å². The SMILES string of the molecule is O=C(O)C=Cc1cccc(CNS(=O)(=O)N2CCCC2)c1. The topological polar surface area (TPSA) is 86.7 Å². The van der Waals surface area contributed by atoms with Gasteiger partial charge < -0.3 is 5.11 Å². The Bertz CT molecular complexity index is 634. The molecule has 2 N–H and O–H groups in total. The highest BCUT2D eigenvalue weighted by Crippen LogP contribution is 2.12. The van der Waals surface area contributed by atoms with Crippen LogP contribution in [0.15, 0.2) is 30.3 Å². The number of nitrogens with one attached hydrogen (secondary N) is 1. The van der Waals surface area contributed by atoms with Crippen LogP contribution in [0.3, 0.4) is 0 Å². The number of nitrogens with zero attached hydrogens (tertiary/aromatic N) is 1. The Morgan fingerprint density at radius 2 is 2.05 bits per heavy atom. The lowest BCUT2D eigenvalue weighted by molar-refractivity contribution is -0.131. The summed E-state index contributed by atoms with van der Waals surface area (Å²) < 4.78 is 28.1. The fraction of sp³-hybridized carbons (Fsp3) is 0.357. The zero-order valence-corrected chi connectivity index (χ0v) is 12.3. The van der Waals surface area contributed by atoms with Gasteiger partial charge in [-0.25, -0.2) is 4.79 Å². The van der Waals surface area contributed by atoms with Crippen LogP contribution in [0.1, 0.15) is 24.0 Å². The molecule has 7 heteroatoms. The molecule has 0 saturated carbocycles. The quantitative estimate of drug-likeness (QED) is 0.773. The largest absolute Gasteiger partial charge is 0.478 e. The van der Waals surface area contributed by atoms with Crippen LogP contribution in [0, 0.1) is 0 Å². The van der Waals surface area contributed by atoms with Crippen LogP contribution in [-0.4, -0.2) is 36.9 Å². The van der Waals surface area contributed by atoms with Crippen LogP contribution in [0.5, 0.6) is 0 Å². The van der Waals surface area contributed by atoms with E-state index in [0.29, 0.717) is 13.1 Å². The molecule has 0 atom stereocenters. The number of carbonyl (C=O) groups is 1. The highest BCUT2D eigenvalue weighted by atomic mass is 32.2. The summed E-state index contributed by atoms with van der Waals surface area (Å²) in [6, 6.07) is 7.08. The van der Waals surface area contributed by atoms with Gasteiger partial charge in [-0.15, -0.1) is 0 Å². The molecule has 1 aliphatic heterocycles. The third-order valence-electron chi connectivity index (χ3n) is 3.23. The van der Waals surface area contributed by atoms with E-state index in [1.807, 2.05) is 0 Å². The molecular weight excluding hydrogens is 292 g/mol. The third kappa shape index (κ3) is 4.66. The fourth-order valence-corrected chi connectivity index (χ4v) is 3.44. The summed E-state index contributed by atoms with van der Waals surface area (Å²) in [6.07, 6.45) is 4.32. The summed E-state index contributed by atoms with van der Waals surface area (Å²) in [5.74, 6) is -1.02. The lowest BCUT2D eigenvalue weighted by Gasteiger charge is -2.16. The molecule has 0 unspecified atom stereocenters. The first-order valence-electron chi connectivity index (χ1n) is 6.72. The van der Waals surface area contributed by atoms with E-state index in [1.165, 1.54) is 10.4 Å². The molecule has 0 radical (unpaired) electrons. The highest BCUT2D eigenvalue weighted by molar-refractivity contribution is 7.87. The molecule has 1 aromatic rings. The summed E-state index contributed by atoms with van der Waals surface area (Å²) >= 11 is 0. The minimum atomic E-state index is -3.43. The molecule has 1 fully saturated rings. The third-order valence-corrected chi connectivity index (χ3v) is 4.79. The summed E-state index contributed by atoms with van der Waals surface area (Å²) in [5.41, 5.74) is 1.50. The fourth-order valence-electron chi connectivity index (χ4n) is 2.17. The molecule has 6 nitrogen and oxygen atoms in total. The number of hydrogen-bond acceptors (Lipinski definition) is 3. The standard InChI is InChI=1S/C14H18N2O4S/c17-14(18)7-6-12-4-3-5-13(10-12)11-15-21(19,20)16-8-1-2-9-16/h3-7,10,15H,1-2,8-9,11H2,(H,17,18). The Morgan fingerprint density at radius 1 is 1.33 bits per heavy atom. The van der Waals surface area contributed by atoms with E-state index in [0.717, 1.165) is 30.0 Å². The normalized spacial score (nSPS) is 16.6. The Hall–Kier alpha value is -1.70. The van der Waals surface area contributed by atoms with Gasteiger partial charge in [-0.2, -0.15) is 17.4 Å². The van der Waals surface area contributed by atoms with Crippen molar-refractivity contribution in [1.82, 2.24) is 9.03 Å². The van der Waals surface area contributed by atoms with E-state index in [4.69, 9.17) is 5.11 Å². The molecule has 0 aromatic heterocycles. The molecule has 1 heterocycles. The Kier molecular flexibility index (Phi) is 5.11. The Balaban J connectivity index is 2.00. The van der Waals surface area contributed by atoms with Crippen molar-refractivity contribution < 1.29 is 18.3 Å². The molecule has 2 rings (SSSR count). The van der Waals surface area contributed by atoms with Crippen LogP contribution in [0.2, 0.25) is 0 Å². The second-order valence-electron chi connectivity index (χ2n) is 4.85. The minimum absolute atomic E-state index is 0.188. The van der Waals surface area contributed by atoms with E-state index in [9.17, 15) is 13.2 Å². The van der Waals surface area contributed by atoms with E-state index in [1.54, 1.807) is 24.3 Å². The summed E-state index contributed by atoms with van der Waals surface area (Å²) in [7, 11) is -3.43. The van der Waals surface area contributed by atoms with Gasteiger partial charge in [0, 0.05) is 25.7 Å². The smallest absolute Gasteiger partial charge is 0.328 e. The Morgan fingerprint density at radius 3 is 2.71 bits per heavy atom. The molecule has 0 spiro atoms. The first-order chi connectivity index (χ1) is 9.97. The second kappa shape index (κ2) is 6.84. The van der Waals surface area contributed by atoms with Crippen LogP contribution in [0.4, 0.5) is 0 Å². The second-order valence-corrected chi connectivity index (χ2v) is 6.60. The Labute approximate surface area is 124 Å². The van der Waals surface area contributed by atoms with Crippen molar-refractivity contribution in [2.45, 2.75) is 19.4 Å². The predicted octanol–water partition coefficient (Wildman–Crippen LogP) is 1.21. The summed E-state index contributed by atoms with van der Waals surface area (Å²) in [6.45, 7) is 1.32. The molecule has 1 saturated heterocycles. The average molecular weight is 310 g/mol. The number of hydrogen-bond donors (Lipinski definition) is 2. The maximum absolute atomic E-state index is 12.0. The monoisotopic (exact) mass is 310 g/mol. The number of carboxylic acid groups (broad SMARTS) is 1. The van der Waals surface area contributed by atoms with Gasteiger partial charge in [-0.3, -0.25) is 0 Å². The van der Waals surface area contributed by atoms with E-state index < -0.39 is 16.2 Å². The molecule has 0 bridgehead atoms. The predicted molar refractivity (Wildman–Crippen MR) is 79.7 cm³/mol. The van der Waals surface area contributed by atoms with E-state index in [2.05, 4.69) is 4.72 Å². The van der Waals surface area contributed by atoms with Crippen molar-refractivity contribution >= 4 is 22.3 Å². The van der Waals surface area contributed by atoms with Crippen LogP contribution in [0.25, 0.3) is 6.08 Å². The lowest BCUT2D eigenvalue weighted by Crippen LogP contribution is -2.38. The molecule has 1 aromatic carbocycles. The number of benzene rings is 1. The van der Waals surface area contributed by atoms with Gasteiger partial charge in [0.1, 0.15) is 0 Å². The van der Waals surface area contributed by atoms with Crippen molar-refractivity contribution in [3.63, 3.8) is 0 Å². The zero-order chi connectivity index (χ0) is 15.3. The zero-order valence-electron chi connectivity index (χ0n) is 11.5. The van der Waals surface area contributed by atoms with Gasteiger partial charge in [0.2, 0.25) is 0 Å². The average Bonchev–Trinajstić information content (AvgIpc) is 2.98. The van der Waals surface area contributed by atoms with Crippen molar-refractivity contribution in [2.24, 2.45) is 0 Å². The van der Waals surface area contributed by atoms with Crippen molar-refractivity contribution in [3.05, 3.63) is 41.5 Å². The number of rotatable bonds is 6. The van der Waals surface area contributed by atoms with Gasteiger partial charge >= 0.3 is 5.97 Å². The highest BCUT2D eigenvalue weighted by Gasteiger charge is 2.24. The van der Waals surface area contributed by atoms with Crippen molar-refractivity contribution in [3.8, 4) is 0 Å². The van der Waals surface area contributed by atoms with Gasteiger partial charge in [-0.05, 0) is 30.0 Å². The van der Waals surface area contributed by atoms with E-state index in [-0.39, 0.29) is 6.54 Å². The molecule has 1 aliphatic rings. The van der Waals surface area contributed by atoms with Crippen LogP contribution in [-0.2, 0) is 21.5 Å². The molecule has 21 heavy (non-hydrogen) atoms. The number of aliphatic carboxylic acids is 1. The van der Waals surface area contributed by atoms with Gasteiger partial charge in [-0.1, -0.05) is 24.3 Å². The first kappa shape index (κ1) is 15.7. The van der Waals surface area contributed by atoms with Gasteiger partial charge in [0.05, 0.1) is 0 Å². The van der Waals surface area contributed by atoms with Crippen molar-refractivity contribution in [2.75, 3.05) is 13.1 Å². The molecule has 0 aliphatic carbocycles. The maximum Gasteiger partial charge on any atom is 0.328 e. The minimum Gasteiger partial charge on any atom is -0.478 e. The summed E-state index contributed by atoms with van der Waals surface area (Å²) in [4.78, 5) is 10.5.